The second kappa shape index (κ2) is 16.7. The van der Waals surface area contributed by atoms with E-state index in [0.717, 1.165) is 37.7 Å². The number of carbonyl (C=O) groups excluding carboxylic acids is 4. The van der Waals surface area contributed by atoms with Crippen LogP contribution in [0.2, 0.25) is 0 Å². The summed E-state index contributed by atoms with van der Waals surface area (Å²) in [4.78, 5) is 63.3. The maximum Gasteiger partial charge on any atom is 0.408 e. The Morgan fingerprint density at radius 3 is 2.54 bits per heavy atom. The van der Waals surface area contributed by atoms with Gasteiger partial charge in [0, 0.05) is 35.4 Å². The summed E-state index contributed by atoms with van der Waals surface area (Å²) in [6.45, 7) is 6.01. The van der Waals surface area contributed by atoms with Crippen molar-refractivity contribution in [2.24, 2.45) is 17.8 Å². The highest BCUT2D eigenvalue weighted by Crippen LogP contribution is 2.46. The largest absolute Gasteiger partial charge is 0.496 e. The Labute approximate surface area is 345 Å². The predicted octanol–water partition coefficient (Wildman–Crippen LogP) is 4.92. The second-order valence-corrected chi connectivity index (χ2v) is 18.9. The average molecular weight is 834 g/mol. The predicted molar refractivity (Wildman–Crippen MR) is 218 cm³/mol. The Hall–Kier alpha value is -4.86. The molecule has 7 atom stereocenters. The Morgan fingerprint density at radius 2 is 1.83 bits per heavy atom. The molecule has 3 heterocycles. The first kappa shape index (κ1) is 40.9. The molecular weight excluding hydrogens is 779 g/mol. The van der Waals surface area contributed by atoms with Gasteiger partial charge in [-0.25, -0.2) is 18.2 Å². The van der Waals surface area contributed by atoms with E-state index in [1.54, 1.807) is 13.2 Å². The molecule has 4 amide bonds. The number of amides is 4. The molecule has 0 spiro atoms. The van der Waals surface area contributed by atoms with E-state index in [1.165, 1.54) is 11.0 Å². The van der Waals surface area contributed by atoms with Crippen LogP contribution in [0.3, 0.4) is 0 Å². The number of hydrogen-bond donors (Lipinski definition) is 3. The highest BCUT2D eigenvalue weighted by Gasteiger charge is 2.62. The van der Waals surface area contributed by atoms with E-state index in [2.05, 4.69) is 28.0 Å². The van der Waals surface area contributed by atoms with Gasteiger partial charge in [0.1, 0.15) is 41.3 Å². The summed E-state index contributed by atoms with van der Waals surface area (Å²) in [5.74, 6) is -1.18. The third-order valence-electron chi connectivity index (χ3n) is 13.0. The molecule has 2 aliphatic heterocycles. The van der Waals surface area contributed by atoms with E-state index in [4.69, 9.17) is 23.9 Å². The Bertz CT molecular complexity index is 2140. The van der Waals surface area contributed by atoms with Crippen LogP contribution in [0.25, 0.3) is 17.0 Å². The Kier molecular flexibility index (Phi) is 11.5. The molecule has 318 valence electrons. The van der Waals surface area contributed by atoms with Crippen molar-refractivity contribution in [2.45, 2.75) is 125 Å². The minimum Gasteiger partial charge on any atom is -0.496 e. The van der Waals surface area contributed by atoms with E-state index < -0.39 is 68.7 Å². The van der Waals surface area contributed by atoms with Gasteiger partial charge in [0.05, 0.1) is 31.0 Å². The smallest absolute Gasteiger partial charge is 0.408 e. The topological polar surface area (TPSA) is 192 Å². The highest BCUT2D eigenvalue weighted by molar-refractivity contribution is 7.91. The molecule has 4 saturated carbocycles. The number of fused-ring (bicyclic) bond motifs is 4. The lowest BCUT2D eigenvalue weighted by molar-refractivity contribution is -0.142. The number of ether oxygens (including phenoxy) is 4. The van der Waals surface area contributed by atoms with Gasteiger partial charge in [0.2, 0.25) is 27.7 Å². The Morgan fingerprint density at radius 1 is 1.05 bits per heavy atom. The fourth-order valence-electron chi connectivity index (χ4n) is 9.54. The lowest BCUT2D eigenvalue weighted by Crippen LogP contribution is -2.59. The van der Waals surface area contributed by atoms with Crippen molar-refractivity contribution in [1.29, 1.82) is 0 Å². The number of sulfonamides is 1. The van der Waals surface area contributed by atoms with E-state index in [9.17, 15) is 22.8 Å². The van der Waals surface area contributed by atoms with Crippen molar-refractivity contribution in [3.63, 3.8) is 0 Å². The molecule has 2 aromatic rings. The SMILES string of the molecule is C=C[C@@H]1C[C@]1(NC(=O)[C@@H]1C[C@@H]2CN1C(=O)[C@H](C1CCCCC1)NC(=O)O[C@@H]1CCC[C@H]1CC=Cc1cc3c(cc(OCC)nc3cc1OC)O2)C(=O)NS(=O)(=O)C1CC1. The number of pyridine rings is 1. The van der Waals surface area contributed by atoms with E-state index in [-0.39, 0.29) is 37.3 Å². The maximum absolute atomic E-state index is 15.0. The van der Waals surface area contributed by atoms with Gasteiger partial charge in [-0.1, -0.05) is 37.5 Å². The monoisotopic (exact) mass is 833 g/mol. The minimum absolute atomic E-state index is 0.0155. The third-order valence-corrected chi connectivity index (χ3v) is 14.8. The number of benzene rings is 1. The standard InChI is InChI=1S/C43H55N5O10S/c1-4-28-23-43(28,41(51)47-59(53,54)30-17-18-30)46-39(49)33-20-29-24-48(33)40(50)38(26-11-7-6-8-12-26)45-42(52)58-34-16-10-14-25(34)13-9-15-27-19-31-32(21-35(27)55-3)44-37(56-5-2)22-36(31)57-29/h4,9,15,19,21-22,25-26,28-30,33-34,38H,1,5-8,10-14,16-18,20,23-24H2,2-3H3,(H,45,52)(H,46,49)(H,47,51)/t25-,28-,29-,33+,34-,38+,43-/m1/s1. The van der Waals surface area contributed by atoms with Crippen LogP contribution < -0.4 is 29.6 Å². The zero-order chi connectivity index (χ0) is 41.5. The Balaban J connectivity index is 1.18. The van der Waals surface area contributed by atoms with E-state index in [0.29, 0.717) is 73.4 Å². The van der Waals surface area contributed by atoms with Gasteiger partial charge >= 0.3 is 6.09 Å². The molecule has 1 aromatic carbocycles. The van der Waals surface area contributed by atoms with Crippen molar-refractivity contribution in [1.82, 2.24) is 25.2 Å². The van der Waals surface area contributed by atoms with Gasteiger partial charge in [-0.15, -0.1) is 6.58 Å². The normalized spacial score (nSPS) is 30.0. The summed E-state index contributed by atoms with van der Waals surface area (Å²) in [5, 5.41) is 5.86. The number of alkyl carbamates (subject to hydrolysis) is 1. The zero-order valence-corrected chi connectivity index (χ0v) is 34.6. The minimum atomic E-state index is -3.91. The van der Waals surface area contributed by atoms with Crippen LogP contribution in [0, 0.1) is 17.8 Å². The number of methoxy groups -OCH3 is 1. The number of allylic oxidation sites excluding steroid dienone is 1. The molecule has 16 heteroatoms. The lowest BCUT2D eigenvalue weighted by Gasteiger charge is -2.35. The average Bonchev–Trinajstić information content (AvgIpc) is 4.12. The first-order chi connectivity index (χ1) is 28.4. The van der Waals surface area contributed by atoms with Gasteiger partial charge in [-0.2, -0.15) is 0 Å². The summed E-state index contributed by atoms with van der Waals surface area (Å²) in [7, 11) is -2.32. The molecule has 1 saturated heterocycles. The van der Waals surface area contributed by atoms with Gasteiger partial charge in [0.15, 0.2) is 0 Å². The molecule has 5 fully saturated rings. The van der Waals surface area contributed by atoms with Gasteiger partial charge in [-0.3, -0.25) is 19.1 Å². The summed E-state index contributed by atoms with van der Waals surface area (Å²) >= 11 is 0. The summed E-state index contributed by atoms with van der Waals surface area (Å²) in [6, 6.07) is 3.35. The molecule has 0 radical (unpaired) electrons. The van der Waals surface area contributed by atoms with Crippen molar-refractivity contribution >= 4 is 50.8 Å². The lowest BCUT2D eigenvalue weighted by atomic mass is 9.83. The van der Waals surface area contributed by atoms with Crippen LogP contribution >= 0.6 is 0 Å². The maximum atomic E-state index is 15.0. The second-order valence-electron chi connectivity index (χ2n) is 17.0. The molecule has 59 heavy (non-hydrogen) atoms. The van der Waals surface area contributed by atoms with Crippen LogP contribution in [0.15, 0.2) is 36.9 Å². The number of nitrogens with zero attached hydrogens (tertiary/aromatic N) is 2. The molecule has 0 unspecified atom stereocenters. The molecule has 1 aromatic heterocycles. The third kappa shape index (κ3) is 8.46. The van der Waals surface area contributed by atoms with Crippen molar-refractivity contribution in [3.8, 4) is 17.4 Å². The fourth-order valence-corrected chi connectivity index (χ4v) is 10.9. The zero-order valence-electron chi connectivity index (χ0n) is 33.8. The van der Waals surface area contributed by atoms with E-state index in [1.807, 2.05) is 25.1 Å². The first-order valence-electron chi connectivity index (χ1n) is 21.2. The van der Waals surface area contributed by atoms with Crippen LogP contribution in [0.4, 0.5) is 4.79 Å². The number of nitrogens with one attached hydrogen (secondary N) is 3. The number of aromatic nitrogens is 1. The molecule has 4 bridgehead atoms. The molecule has 6 aliphatic rings. The molecule has 3 N–H and O–H groups in total. The van der Waals surface area contributed by atoms with Crippen LogP contribution in [-0.4, -0.2) is 97.5 Å². The summed E-state index contributed by atoms with van der Waals surface area (Å²) in [5.41, 5.74) is -0.202. The van der Waals surface area contributed by atoms with Gasteiger partial charge in [-0.05, 0) is 82.6 Å². The van der Waals surface area contributed by atoms with Crippen LogP contribution in [0.1, 0.15) is 96.0 Å². The van der Waals surface area contributed by atoms with Crippen molar-refractivity contribution in [2.75, 3.05) is 20.3 Å². The fraction of sp³-hybridized carbons (Fsp3) is 0.605. The van der Waals surface area contributed by atoms with Gasteiger partial charge < -0.3 is 34.5 Å². The number of carbonyl (C=O) groups is 4. The first-order valence-corrected chi connectivity index (χ1v) is 22.7. The van der Waals surface area contributed by atoms with Crippen LogP contribution in [-0.2, 0) is 29.1 Å². The summed E-state index contributed by atoms with van der Waals surface area (Å²) < 4.78 is 52.3. The molecule has 15 nitrogen and oxygen atoms in total. The van der Waals surface area contributed by atoms with E-state index >= 15 is 4.79 Å². The van der Waals surface area contributed by atoms with Gasteiger partial charge in [0.25, 0.3) is 5.91 Å². The molecular formula is C43H55N5O10S. The van der Waals surface area contributed by atoms with Crippen LogP contribution in [0.5, 0.6) is 17.4 Å². The summed E-state index contributed by atoms with van der Waals surface area (Å²) in [6.07, 6.45) is 12.4. The number of hydrogen-bond acceptors (Lipinski definition) is 11. The van der Waals surface area contributed by atoms with Crippen molar-refractivity contribution in [3.05, 3.63) is 42.5 Å². The quantitative estimate of drug-likeness (QED) is 0.276. The molecule has 4 aliphatic carbocycles. The highest BCUT2D eigenvalue weighted by atomic mass is 32.2. The van der Waals surface area contributed by atoms with Crippen molar-refractivity contribution < 1.29 is 46.5 Å². The molecule has 8 rings (SSSR count). The number of rotatable bonds is 10.